The van der Waals surface area contributed by atoms with E-state index in [1.54, 1.807) is 6.07 Å². The number of para-hydroxylation sites is 1. The van der Waals surface area contributed by atoms with E-state index in [1.165, 1.54) is 36.7 Å². The van der Waals surface area contributed by atoms with E-state index >= 15 is 0 Å². The Bertz CT molecular complexity index is 1000. The quantitative estimate of drug-likeness (QED) is 0.717. The summed E-state index contributed by atoms with van der Waals surface area (Å²) >= 11 is 0. The molecule has 5 nitrogen and oxygen atoms in total. The third-order valence-electron chi connectivity index (χ3n) is 3.11. The van der Waals surface area contributed by atoms with E-state index in [1.807, 2.05) is 0 Å². The number of fused-ring (bicyclic) bond motifs is 1. The Morgan fingerprint density at radius 1 is 0.917 bits per heavy atom. The molecule has 0 aliphatic rings. The third kappa shape index (κ3) is 2.90. The van der Waals surface area contributed by atoms with Gasteiger partial charge in [-0.2, -0.15) is 13.2 Å². The summed E-state index contributed by atoms with van der Waals surface area (Å²) in [4.78, 5) is 7.16. The normalized spacial score (nSPS) is 12.3. The van der Waals surface area contributed by atoms with Gasteiger partial charge in [0, 0.05) is 18.5 Å². The molecule has 0 fully saturated rings. The lowest BCUT2D eigenvalue weighted by atomic mass is 10.3. The van der Waals surface area contributed by atoms with Gasteiger partial charge in [-0.1, -0.05) is 12.1 Å². The second-order valence-corrected chi connectivity index (χ2v) is 6.61. The number of halogens is 3. The highest BCUT2D eigenvalue weighted by Crippen LogP contribution is 2.37. The smallest absolute Gasteiger partial charge is 0.456 e. The standard InChI is InChI=1S/C15H9F3N2O3S/c16-15(17,18)24(21,22)14-4-2-1-3-13(14)23-10-5-6-11-12(9-10)20-8-7-19-11/h1-9H. The summed E-state index contributed by atoms with van der Waals surface area (Å²) < 4.78 is 67.0. The van der Waals surface area contributed by atoms with Crippen LogP contribution in [0.5, 0.6) is 11.5 Å². The molecule has 0 bridgehead atoms. The fourth-order valence-electron chi connectivity index (χ4n) is 2.01. The highest BCUT2D eigenvalue weighted by Gasteiger charge is 2.48. The van der Waals surface area contributed by atoms with Crippen LogP contribution in [0.25, 0.3) is 11.0 Å². The van der Waals surface area contributed by atoms with E-state index in [2.05, 4.69) is 9.97 Å². The van der Waals surface area contributed by atoms with Crippen LogP contribution in [0.3, 0.4) is 0 Å². The summed E-state index contributed by atoms with van der Waals surface area (Å²) in [7, 11) is -5.52. The Morgan fingerprint density at radius 2 is 1.58 bits per heavy atom. The van der Waals surface area contributed by atoms with Gasteiger partial charge in [-0.15, -0.1) is 0 Å². The van der Waals surface area contributed by atoms with Gasteiger partial charge in [0.1, 0.15) is 16.4 Å². The molecule has 1 aromatic heterocycles. The maximum absolute atomic E-state index is 12.8. The van der Waals surface area contributed by atoms with Gasteiger partial charge in [0.2, 0.25) is 0 Å². The minimum atomic E-state index is -5.52. The second-order valence-electron chi connectivity index (χ2n) is 4.70. The molecular weight excluding hydrogens is 345 g/mol. The summed E-state index contributed by atoms with van der Waals surface area (Å²) in [5, 5.41) is 0. The fraction of sp³-hybridized carbons (Fsp3) is 0.0667. The van der Waals surface area contributed by atoms with E-state index < -0.39 is 26.0 Å². The van der Waals surface area contributed by atoms with Crippen molar-refractivity contribution in [2.75, 3.05) is 0 Å². The van der Waals surface area contributed by atoms with E-state index in [4.69, 9.17) is 4.74 Å². The number of nitrogens with zero attached hydrogens (tertiary/aromatic N) is 2. The zero-order valence-corrected chi connectivity index (χ0v) is 12.7. The van der Waals surface area contributed by atoms with E-state index in [-0.39, 0.29) is 5.75 Å². The zero-order valence-electron chi connectivity index (χ0n) is 11.9. The highest BCUT2D eigenvalue weighted by molar-refractivity contribution is 7.92. The van der Waals surface area contributed by atoms with Crippen molar-refractivity contribution in [3.63, 3.8) is 0 Å². The predicted octanol–water partition coefficient (Wildman–Crippen LogP) is 3.72. The lowest BCUT2D eigenvalue weighted by Crippen LogP contribution is -2.23. The van der Waals surface area contributed by atoms with Crippen molar-refractivity contribution >= 4 is 20.9 Å². The molecule has 0 aliphatic carbocycles. The number of hydrogen-bond acceptors (Lipinski definition) is 5. The number of sulfone groups is 1. The van der Waals surface area contributed by atoms with Crippen LogP contribution in [0.2, 0.25) is 0 Å². The molecule has 0 saturated heterocycles. The van der Waals surface area contributed by atoms with Crippen molar-refractivity contribution in [2.45, 2.75) is 10.4 Å². The second kappa shape index (κ2) is 5.75. The molecule has 0 amide bonds. The van der Waals surface area contributed by atoms with Crippen LogP contribution in [0, 0.1) is 0 Å². The van der Waals surface area contributed by atoms with Gasteiger partial charge in [-0.3, -0.25) is 9.97 Å². The molecule has 3 aromatic rings. The lowest BCUT2D eigenvalue weighted by Gasteiger charge is -2.13. The molecule has 0 aliphatic heterocycles. The van der Waals surface area contributed by atoms with Crippen molar-refractivity contribution in [2.24, 2.45) is 0 Å². The van der Waals surface area contributed by atoms with Crippen LogP contribution < -0.4 is 4.74 Å². The molecule has 1 heterocycles. The van der Waals surface area contributed by atoms with Gasteiger partial charge in [0.25, 0.3) is 9.84 Å². The first-order valence-electron chi connectivity index (χ1n) is 6.58. The van der Waals surface area contributed by atoms with Gasteiger partial charge in [-0.25, -0.2) is 8.42 Å². The monoisotopic (exact) mass is 354 g/mol. The van der Waals surface area contributed by atoms with E-state index in [0.29, 0.717) is 11.0 Å². The van der Waals surface area contributed by atoms with Crippen LogP contribution in [-0.4, -0.2) is 23.9 Å². The number of hydrogen-bond donors (Lipinski definition) is 0. The van der Waals surface area contributed by atoms with Gasteiger partial charge in [0.05, 0.1) is 11.0 Å². The SMILES string of the molecule is O=S(=O)(c1ccccc1Oc1ccc2nccnc2c1)C(F)(F)F. The third-order valence-corrected chi connectivity index (χ3v) is 4.64. The van der Waals surface area contributed by atoms with Crippen LogP contribution in [-0.2, 0) is 9.84 Å². The van der Waals surface area contributed by atoms with Crippen molar-refractivity contribution in [3.05, 3.63) is 54.9 Å². The number of ether oxygens (including phenoxy) is 1. The average Bonchev–Trinajstić information content (AvgIpc) is 2.54. The lowest BCUT2D eigenvalue weighted by molar-refractivity contribution is -0.0436. The topological polar surface area (TPSA) is 69.2 Å². The first kappa shape index (κ1) is 16.2. The van der Waals surface area contributed by atoms with E-state index in [9.17, 15) is 21.6 Å². The van der Waals surface area contributed by atoms with Crippen LogP contribution in [0.4, 0.5) is 13.2 Å². The Hall–Kier alpha value is -2.68. The van der Waals surface area contributed by atoms with Gasteiger partial charge in [0.15, 0.2) is 0 Å². The van der Waals surface area contributed by atoms with Crippen molar-refractivity contribution in [1.82, 2.24) is 9.97 Å². The minimum Gasteiger partial charge on any atom is -0.456 e. The largest absolute Gasteiger partial charge is 0.502 e. The van der Waals surface area contributed by atoms with Gasteiger partial charge >= 0.3 is 5.51 Å². The summed E-state index contributed by atoms with van der Waals surface area (Å²) in [6.07, 6.45) is 2.95. The molecule has 0 unspecified atom stereocenters. The molecule has 0 saturated carbocycles. The molecular formula is C15H9F3N2O3S. The molecule has 124 valence electrons. The van der Waals surface area contributed by atoms with Crippen LogP contribution in [0.1, 0.15) is 0 Å². The molecule has 9 heteroatoms. The van der Waals surface area contributed by atoms with Crippen molar-refractivity contribution < 1.29 is 26.3 Å². The Kier molecular flexibility index (Phi) is 3.88. The number of rotatable bonds is 3. The van der Waals surface area contributed by atoms with Crippen LogP contribution in [0.15, 0.2) is 59.8 Å². The van der Waals surface area contributed by atoms with Crippen LogP contribution >= 0.6 is 0 Å². The van der Waals surface area contributed by atoms with Gasteiger partial charge in [-0.05, 0) is 24.3 Å². The van der Waals surface area contributed by atoms with Crippen molar-refractivity contribution in [3.8, 4) is 11.5 Å². The number of aromatic nitrogens is 2. The highest BCUT2D eigenvalue weighted by atomic mass is 32.2. The Labute approximate surface area is 134 Å². The summed E-state index contributed by atoms with van der Waals surface area (Å²) in [6.45, 7) is 0. The fourth-order valence-corrected chi connectivity index (χ4v) is 2.90. The van der Waals surface area contributed by atoms with E-state index in [0.717, 1.165) is 12.1 Å². The maximum Gasteiger partial charge on any atom is 0.502 e. The maximum atomic E-state index is 12.8. The molecule has 24 heavy (non-hydrogen) atoms. The minimum absolute atomic E-state index is 0.146. The number of benzene rings is 2. The molecule has 0 radical (unpaired) electrons. The number of alkyl halides is 3. The molecule has 0 atom stereocenters. The summed E-state index contributed by atoms with van der Waals surface area (Å²) in [6, 6.07) is 9.06. The average molecular weight is 354 g/mol. The first-order valence-corrected chi connectivity index (χ1v) is 8.06. The molecule has 0 spiro atoms. The summed E-state index contributed by atoms with van der Waals surface area (Å²) in [5.41, 5.74) is -4.38. The molecule has 3 rings (SSSR count). The Balaban J connectivity index is 2.04. The summed E-state index contributed by atoms with van der Waals surface area (Å²) in [5.74, 6) is -0.272. The first-order chi connectivity index (χ1) is 11.3. The van der Waals surface area contributed by atoms with Gasteiger partial charge < -0.3 is 4.74 Å². The molecule has 2 aromatic carbocycles. The molecule has 0 N–H and O–H groups in total. The Morgan fingerprint density at radius 3 is 2.29 bits per heavy atom. The zero-order chi connectivity index (χ0) is 17.4. The van der Waals surface area contributed by atoms with Crippen molar-refractivity contribution in [1.29, 1.82) is 0 Å². The predicted molar refractivity (Wildman–Crippen MR) is 79.3 cm³/mol.